The molecule has 1 aromatic rings. The Bertz CT molecular complexity index is 729. The fourth-order valence-corrected chi connectivity index (χ4v) is 6.35. The molecule has 0 saturated carbocycles. The molecule has 0 spiro atoms. The Morgan fingerprint density at radius 2 is 1.52 bits per heavy atom. The summed E-state index contributed by atoms with van der Waals surface area (Å²) >= 11 is 3.49. The van der Waals surface area contributed by atoms with E-state index in [2.05, 4.69) is 27.7 Å². The van der Waals surface area contributed by atoms with Gasteiger partial charge in [0.05, 0.1) is 5.92 Å². The van der Waals surface area contributed by atoms with E-state index in [1.807, 2.05) is 13.8 Å². The van der Waals surface area contributed by atoms with Gasteiger partial charge in [-0.05, 0) is 55.2 Å². The average molecular weight is 351 g/mol. The van der Waals surface area contributed by atoms with Crippen LogP contribution in [0.15, 0.2) is 10.5 Å². The van der Waals surface area contributed by atoms with Crippen LogP contribution in [0, 0.1) is 32.6 Å². The van der Waals surface area contributed by atoms with Gasteiger partial charge >= 0.3 is 11.9 Å². The summed E-state index contributed by atoms with van der Waals surface area (Å²) in [4.78, 5) is 28.5. The molecule has 1 aromatic heterocycles. The quantitative estimate of drug-likeness (QED) is 0.582. The molecular weight excluding hydrogens is 328 g/mol. The van der Waals surface area contributed by atoms with Gasteiger partial charge < -0.3 is 4.74 Å². The Labute approximate surface area is 145 Å². The third kappa shape index (κ3) is 2.49. The first kappa shape index (κ1) is 16.8. The van der Waals surface area contributed by atoms with E-state index in [0.717, 1.165) is 21.6 Å². The summed E-state index contributed by atoms with van der Waals surface area (Å²) in [6, 6.07) is 0. The van der Waals surface area contributed by atoms with E-state index in [4.69, 9.17) is 4.74 Å². The van der Waals surface area contributed by atoms with Gasteiger partial charge in [-0.3, -0.25) is 9.59 Å². The van der Waals surface area contributed by atoms with Crippen LogP contribution in [0.1, 0.15) is 47.6 Å². The first-order chi connectivity index (χ1) is 10.7. The van der Waals surface area contributed by atoms with Crippen LogP contribution in [0.3, 0.4) is 0 Å². The SMILES string of the molecule is CC1=C(C2C(=O)OC(=O)C2c2c(C)sc(C)c2C)C(C)C(C)S1. The van der Waals surface area contributed by atoms with Gasteiger partial charge in [0.1, 0.15) is 5.92 Å². The predicted molar refractivity (Wildman–Crippen MR) is 94.8 cm³/mol. The van der Waals surface area contributed by atoms with Crippen molar-refractivity contribution in [2.75, 3.05) is 0 Å². The molecular formula is C18H22O3S2. The average Bonchev–Trinajstić information content (AvgIpc) is 2.96. The Morgan fingerprint density at radius 3 is 2.00 bits per heavy atom. The van der Waals surface area contributed by atoms with Crippen molar-refractivity contribution in [3.05, 3.63) is 31.4 Å². The lowest BCUT2D eigenvalue weighted by Gasteiger charge is -2.21. The topological polar surface area (TPSA) is 43.4 Å². The summed E-state index contributed by atoms with van der Waals surface area (Å²) in [7, 11) is 0. The van der Waals surface area contributed by atoms with Gasteiger partial charge in [-0.15, -0.1) is 23.1 Å². The van der Waals surface area contributed by atoms with Crippen LogP contribution < -0.4 is 0 Å². The molecule has 124 valence electrons. The number of allylic oxidation sites excluding steroid dienone is 1. The second-order valence-corrected chi connectivity index (χ2v) is 9.59. The molecule has 1 fully saturated rings. The maximum atomic E-state index is 12.5. The van der Waals surface area contributed by atoms with Gasteiger partial charge in [-0.25, -0.2) is 0 Å². The lowest BCUT2D eigenvalue weighted by atomic mass is 9.77. The van der Waals surface area contributed by atoms with E-state index in [-0.39, 0.29) is 17.9 Å². The molecule has 0 radical (unpaired) electrons. The number of thioether (sulfide) groups is 1. The molecule has 5 heteroatoms. The van der Waals surface area contributed by atoms with E-state index in [0.29, 0.717) is 5.25 Å². The second-order valence-electron chi connectivity index (χ2n) is 6.57. The zero-order valence-electron chi connectivity index (χ0n) is 14.4. The van der Waals surface area contributed by atoms with Crippen molar-refractivity contribution in [3.63, 3.8) is 0 Å². The van der Waals surface area contributed by atoms with Gasteiger partial charge in [-0.2, -0.15) is 0 Å². The molecule has 2 aliphatic rings. The zero-order valence-corrected chi connectivity index (χ0v) is 16.0. The second kappa shape index (κ2) is 5.78. The van der Waals surface area contributed by atoms with Gasteiger partial charge in [0.2, 0.25) is 0 Å². The van der Waals surface area contributed by atoms with E-state index < -0.39 is 11.8 Å². The number of carbonyl (C=O) groups is 2. The molecule has 1 saturated heterocycles. The van der Waals surface area contributed by atoms with Crippen molar-refractivity contribution in [1.82, 2.24) is 0 Å². The lowest BCUT2D eigenvalue weighted by molar-refractivity contribution is -0.153. The van der Waals surface area contributed by atoms with Crippen LogP contribution >= 0.6 is 23.1 Å². The van der Waals surface area contributed by atoms with Crippen molar-refractivity contribution >= 4 is 35.0 Å². The Kier molecular flexibility index (Phi) is 4.21. The lowest BCUT2D eigenvalue weighted by Crippen LogP contribution is -2.24. The van der Waals surface area contributed by atoms with Crippen molar-refractivity contribution in [3.8, 4) is 0 Å². The minimum atomic E-state index is -0.481. The van der Waals surface area contributed by atoms with Gasteiger partial charge in [0.25, 0.3) is 0 Å². The highest BCUT2D eigenvalue weighted by atomic mass is 32.2. The highest BCUT2D eigenvalue weighted by molar-refractivity contribution is 8.03. The van der Waals surface area contributed by atoms with Crippen molar-refractivity contribution < 1.29 is 14.3 Å². The number of hydrogen-bond donors (Lipinski definition) is 0. The summed E-state index contributed by atoms with van der Waals surface area (Å²) in [5, 5.41) is 0.431. The number of esters is 2. The van der Waals surface area contributed by atoms with Gasteiger partial charge in [0, 0.05) is 15.0 Å². The molecule has 2 aliphatic heterocycles. The first-order valence-electron chi connectivity index (χ1n) is 7.93. The summed E-state index contributed by atoms with van der Waals surface area (Å²) in [6.45, 7) is 12.5. The molecule has 0 aromatic carbocycles. The van der Waals surface area contributed by atoms with Crippen LogP contribution in [-0.2, 0) is 14.3 Å². The molecule has 0 N–H and O–H groups in total. The smallest absolute Gasteiger partial charge is 0.322 e. The third-order valence-electron chi connectivity index (χ3n) is 5.27. The number of aryl methyl sites for hydroxylation is 2. The summed E-state index contributed by atoms with van der Waals surface area (Å²) in [6.07, 6.45) is 0. The number of hydrogen-bond acceptors (Lipinski definition) is 5. The minimum Gasteiger partial charge on any atom is -0.392 e. The van der Waals surface area contributed by atoms with Crippen LogP contribution in [0.5, 0.6) is 0 Å². The highest BCUT2D eigenvalue weighted by Gasteiger charge is 2.51. The number of carbonyl (C=O) groups excluding carboxylic acids is 2. The summed E-state index contributed by atoms with van der Waals surface area (Å²) < 4.78 is 5.09. The first-order valence-corrected chi connectivity index (χ1v) is 9.63. The summed E-state index contributed by atoms with van der Waals surface area (Å²) in [5.74, 6) is -1.42. The zero-order chi connectivity index (χ0) is 17.0. The van der Waals surface area contributed by atoms with Crippen LogP contribution in [0.2, 0.25) is 0 Å². The maximum absolute atomic E-state index is 12.5. The highest BCUT2D eigenvalue weighted by Crippen LogP contribution is 2.52. The predicted octanol–water partition coefficient (Wildman–Crippen LogP) is 4.50. The van der Waals surface area contributed by atoms with Gasteiger partial charge in [-0.1, -0.05) is 13.8 Å². The fourth-order valence-electron chi connectivity index (χ4n) is 3.88. The van der Waals surface area contributed by atoms with E-state index in [1.165, 1.54) is 9.78 Å². The van der Waals surface area contributed by atoms with Crippen molar-refractivity contribution in [2.45, 2.75) is 52.7 Å². The minimum absolute atomic E-state index is 0.284. The standard InChI is InChI=1S/C18H22O3S2/c1-7-9(3)22-11(5)13(7)15-16(18(20)21-17(15)19)14-8(2)10(4)23-12(14)6/h7,9,15-16H,1-6H3. The molecule has 3 heterocycles. The van der Waals surface area contributed by atoms with E-state index >= 15 is 0 Å². The van der Waals surface area contributed by atoms with E-state index in [1.54, 1.807) is 23.1 Å². The molecule has 23 heavy (non-hydrogen) atoms. The molecule has 3 nitrogen and oxygen atoms in total. The van der Waals surface area contributed by atoms with Crippen LogP contribution in [-0.4, -0.2) is 17.2 Å². The molecule has 0 bridgehead atoms. The van der Waals surface area contributed by atoms with Crippen LogP contribution in [0.4, 0.5) is 0 Å². The Balaban J connectivity index is 2.13. The maximum Gasteiger partial charge on any atom is 0.322 e. The number of ether oxygens (including phenoxy) is 1. The van der Waals surface area contributed by atoms with Crippen molar-refractivity contribution in [1.29, 1.82) is 0 Å². The number of thiophene rings is 1. The monoisotopic (exact) mass is 350 g/mol. The number of cyclic esters (lactones) is 2. The Hall–Kier alpha value is -1.07. The van der Waals surface area contributed by atoms with Crippen molar-refractivity contribution in [2.24, 2.45) is 11.8 Å². The largest absolute Gasteiger partial charge is 0.392 e. The summed E-state index contributed by atoms with van der Waals surface area (Å²) in [5.41, 5.74) is 3.23. The third-order valence-corrected chi connectivity index (χ3v) is 7.78. The van der Waals surface area contributed by atoms with Crippen LogP contribution in [0.25, 0.3) is 0 Å². The molecule has 0 aliphatic carbocycles. The molecule has 4 unspecified atom stereocenters. The molecule has 3 rings (SSSR count). The number of rotatable bonds is 2. The normalized spacial score (nSPS) is 31.2. The molecule has 4 atom stereocenters. The Morgan fingerprint density at radius 1 is 0.913 bits per heavy atom. The van der Waals surface area contributed by atoms with E-state index in [9.17, 15) is 9.59 Å². The van der Waals surface area contributed by atoms with Gasteiger partial charge in [0.15, 0.2) is 0 Å². The molecule has 0 amide bonds. The fraction of sp³-hybridized carbons (Fsp3) is 0.556.